The first-order chi connectivity index (χ1) is 14.2. The number of carbonyl (C=O) groups is 1. The molecule has 2 aromatic carbocycles. The van der Waals surface area contributed by atoms with E-state index in [1.54, 1.807) is 42.5 Å². The van der Waals surface area contributed by atoms with Gasteiger partial charge in [-0.2, -0.15) is 13.2 Å². The molecule has 5 nitrogen and oxygen atoms in total. The quantitative estimate of drug-likeness (QED) is 0.537. The smallest absolute Gasteiger partial charge is 0.378 e. The molecular weight excluding hydrogens is 413 g/mol. The largest absolute Gasteiger partial charge is 0.406 e. The molecule has 1 amide bonds. The number of alkyl halides is 3. The number of hydrogen-bond donors (Lipinski definition) is 1. The summed E-state index contributed by atoms with van der Waals surface area (Å²) in [4.78, 5) is 18.3. The van der Waals surface area contributed by atoms with E-state index in [1.165, 1.54) is 6.20 Å². The molecule has 0 unspecified atom stereocenters. The molecule has 0 saturated heterocycles. The minimum absolute atomic E-state index is 0.0570. The van der Waals surface area contributed by atoms with Crippen LogP contribution in [0.4, 0.5) is 24.5 Å². The minimum Gasteiger partial charge on any atom is -0.378 e. The molecule has 158 valence electrons. The molecule has 0 aliphatic rings. The van der Waals surface area contributed by atoms with Crippen LogP contribution >= 0.6 is 11.8 Å². The second-order valence-corrected chi connectivity index (χ2v) is 7.71. The van der Waals surface area contributed by atoms with Crippen molar-refractivity contribution in [2.75, 3.05) is 30.1 Å². The first-order valence-electron chi connectivity index (χ1n) is 9.10. The molecule has 3 rings (SSSR count). The van der Waals surface area contributed by atoms with Crippen molar-refractivity contribution in [1.82, 2.24) is 9.55 Å². The number of hydrogen-bond acceptors (Lipinski definition) is 4. The van der Waals surface area contributed by atoms with Crippen molar-refractivity contribution < 1.29 is 18.0 Å². The summed E-state index contributed by atoms with van der Waals surface area (Å²) in [6, 6.07) is 16.0. The van der Waals surface area contributed by atoms with Crippen molar-refractivity contribution >= 4 is 29.0 Å². The van der Waals surface area contributed by atoms with E-state index in [2.05, 4.69) is 10.3 Å². The number of aromatic nitrogens is 2. The fourth-order valence-corrected chi connectivity index (χ4v) is 3.59. The topological polar surface area (TPSA) is 50.2 Å². The monoisotopic (exact) mass is 434 g/mol. The summed E-state index contributed by atoms with van der Waals surface area (Å²) in [5.41, 5.74) is 2.60. The van der Waals surface area contributed by atoms with Crippen LogP contribution in [0.3, 0.4) is 0 Å². The normalized spacial score (nSPS) is 11.4. The highest BCUT2D eigenvalue weighted by molar-refractivity contribution is 7.99. The van der Waals surface area contributed by atoms with Crippen molar-refractivity contribution in [3.63, 3.8) is 0 Å². The summed E-state index contributed by atoms with van der Waals surface area (Å²) >= 11 is 0.970. The molecule has 1 aromatic heterocycles. The number of thioether (sulfide) groups is 1. The van der Waals surface area contributed by atoms with Crippen LogP contribution in [-0.2, 0) is 11.3 Å². The van der Waals surface area contributed by atoms with Crippen LogP contribution in [0.25, 0.3) is 11.3 Å². The summed E-state index contributed by atoms with van der Waals surface area (Å²) in [5, 5.41) is 2.89. The molecule has 3 aromatic rings. The molecular formula is C21H21F3N4OS. The fraction of sp³-hybridized carbons (Fsp3) is 0.238. The van der Waals surface area contributed by atoms with Gasteiger partial charge >= 0.3 is 6.18 Å². The van der Waals surface area contributed by atoms with E-state index in [0.717, 1.165) is 22.0 Å². The second kappa shape index (κ2) is 9.25. The van der Waals surface area contributed by atoms with Crippen molar-refractivity contribution in [2.45, 2.75) is 17.9 Å². The lowest BCUT2D eigenvalue weighted by Crippen LogP contribution is -2.20. The molecule has 0 aliphatic heterocycles. The Hall–Kier alpha value is -2.94. The van der Waals surface area contributed by atoms with Gasteiger partial charge in [0.05, 0.1) is 17.6 Å². The Bertz CT molecular complexity index is 986. The van der Waals surface area contributed by atoms with E-state index in [9.17, 15) is 18.0 Å². The standard InChI is InChI=1S/C21H21F3N4OS/c1-27(2)17-10-8-16(9-11-17)26-19(29)13-30-20-25-12-18(15-6-4-3-5-7-15)28(20)14-21(22,23)24/h3-12H,13-14H2,1-2H3,(H,26,29). The number of rotatable bonds is 7. The van der Waals surface area contributed by atoms with Gasteiger partial charge in [0, 0.05) is 25.5 Å². The van der Waals surface area contributed by atoms with E-state index >= 15 is 0 Å². The molecule has 1 N–H and O–H groups in total. The predicted molar refractivity (Wildman–Crippen MR) is 114 cm³/mol. The Labute approximate surface area is 176 Å². The number of amides is 1. The Balaban J connectivity index is 1.71. The number of benzene rings is 2. The first kappa shape index (κ1) is 21.8. The maximum absolute atomic E-state index is 13.1. The highest BCUT2D eigenvalue weighted by Crippen LogP contribution is 2.30. The summed E-state index contributed by atoms with van der Waals surface area (Å²) in [6.07, 6.45) is -3.00. The molecule has 0 spiro atoms. The maximum Gasteiger partial charge on any atom is 0.406 e. The van der Waals surface area contributed by atoms with Crippen LogP contribution in [0, 0.1) is 0 Å². The fourth-order valence-electron chi connectivity index (χ4n) is 2.82. The van der Waals surface area contributed by atoms with E-state index in [4.69, 9.17) is 0 Å². The van der Waals surface area contributed by atoms with Crippen molar-refractivity contribution in [3.05, 3.63) is 60.8 Å². The zero-order chi connectivity index (χ0) is 21.7. The van der Waals surface area contributed by atoms with Gasteiger partial charge < -0.3 is 14.8 Å². The van der Waals surface area contributed by atoms with Gasteiger partial charge in [0.1, 0.15) is 6.54 Å². The summed E-state index contributed by atoms with van der Waals surface area (Å²) in [5.74, 6) is -0.376. The van der Waals surface area contributed by atoms with Gasteiger partial charge in [0.25, 0.3) is 0 Å². The van der Waals surface area contributed by atoms with Gasteiger partial charge in [0.15, 0.2) is 5.16 Å². The van der Waals surface area contributed by atoms with Crippen LogP contribution < -0.4 is 10.2 Å². The van der Waals surface area contributed by atoms with Gasteiger partial charge in [0.2, 0.25) is 5.91 Å². The van der Waals surface area contributed by atoms with Gasteiger partial charge in [-0.15, -0.1) is 0 Å². The summed E-state index contributed by atoms with van der Waals surface area (Å²) in [7, 11) is 3.83. The number of halogens is 3. The molecule has 0 fully saturated rings. The Morgan fingerprint density at radius 3 is 2.37 bits per heavy atom. The predicted octanol–water partition coefficient (Wildman–Crippen LogP) is 4.91. The van der Waals surface area contributed by atoms with Crippen molar-refractivity contribution in [3.8, 4) is 11.3 Å². The number of nitrogens with zero attached hydrogens (tertiary/aromatic N) is 3. The Kier molecular flexibility index (Phi) is 6.71. The third-order valence-electron chi connectivity index (χ3n) is 4.23. The van der Waals surface area contributed by atoms with Gasteiger partial charge in [-0.3, -0.25) is 4.79 Å². The lowest BCUT2D eigenvalue weighted by molar-refractivity contribution is -0.141. The highest BCUT2D eigenvalue weighted by Gasteiger charge is 2.31. The van der Waals surface area contributed by atoms with Crippen LogP contribution in [0.5, 0.6) is 0 Å². The maximum atomic E-state index is 13.1. The number of carbonyl (C=O) groups excluding carboxylic acids is 1. The zero-order valence-corrected chi connectivity index (χ0v) is 17.3. The van der Waals surface area contributed by atoms with Crippen LogP contribution in [0.2, 0.25) is 0 Å². The molecule has 0 bridgehead atoms. The molecule has 9 heteroatoms. The van der Waals surface area contributed by atoms with Crippen LogP contribution in [-0.4, -0.2) is 41.5 Å². The summed E-state index contributed by atoms with van der Waals surface area (Å²) < 4.78 is 40.5. The van der Waals surface area contributed by atoms with E-state index in [1.807, 2.05) is 31.1 Å². The van der Waals surface area contributed by atoms with Gasteiger partial charge in [-0.05, 0) is 29.8 Å². The van der Waals surface area contributed by atoms with Gasteiger partial charge in [-0.25, -0.2) is 4.98 Å². The Morgan fingerprint density at radius 2 is 1.77 bits per heavy atom. The number of nitrogens with one attached hydrogen (secondary N) is 1. The van der Waals surface area contributed by atoms with E-state index < -0.39 is 12.7 Å². The van der Waals surface area contributed by atoms with Gasteiger partial charge in [-0.1, -0.05) is 42.1 Å². The lowest BCUT2D eigenvalue weighted by atomic mass is 10.2. The Morgan fingerprint density at radius 1 is 1.10 bits per heavy atom. The lowest BCUT2D eigenvalue weighted by Gasteiger charge is -2.14. The molecule has 0 radical (unpaired) electrons. The number of imidazole rings is 1. The van der Waals surface area contributed by atoms with E-state index in [-0.39, 0.29) is 16.8 Å². The first-order valence-corrected chi connectivity index (χ1v) is 10.1. The van der Waals surface area contributed by atoms with E-state index in [0.29, 0.717) is 16.9 Å². The van der Waals surface area contributed by atoms with Crippen molar-refractivity contribution in [2.24, 2.45) is 0 Å². The van der Waals surface area contributed by atoms with Crippen LogP contribution in [0.15, 0.2) is 66.0 Å². The molecule has 0 aliphatic carbocycles. The number of anilines is 2. The average Bonchev–Trinajstić information content (AvgIpc) is 3.08. The third-order valence-corrected chi connectivity index (χ3v) is 5.22. The molecule has 0 atom stereocenters. The average molecular weight is 434 g/mol. The minimum atomic E-state index is -4.41. The van der Waals surface area contributed by atoms with Crippen molar-refractivity contribution in [1.29, 1.82) is 0 Å². The molecule has 1 heterocycles. The highest BCUT2D eigenvalue weighted by atomic mass is 32.2. The zero-order valence-electron chi connectivity index (χ0n) is 16.5. The summed E-state index contributed by atoms with van der Waals surface area (Å²) in [6.45, 7) is -1.17. The van der Waals surface area contributed by atoms with Crippen LogP contribution in [0.1, 0.15) is 0 Å². The third kappa shape index (κ3) is 5.79. The molecule has 0 saturated carbocycles. The second-order valence-electron chi connectivity index (χ2n) is 6.77. The molecule has 30 heavy (non-hydrogen) atoms. The SMILES string of the molecule is CN(C)c1ccc(NC(=O)CSc2ncc(-c3ccccc3)n2CC(F)(F)F)cc1.